The van der Waals surface area contributed by atoms with Gasteiger partial charge >= 0.3 is 5.97 Å². The summed E-state index contributed by atoms with van der Waals surface area (Å²) in [5.41, 5.74) is 2.89. The van der Waals surface area contributed by atoms with E-state index >= 15 is 0 Å². The number of benzene rings is 2. The van der Waals surface area contributed by atoms with Crippen LogP contribution in [0, 0.1) is 12.7 Å². The Morgan fingerprint density at radius 3 is 2.46 bits per heavy atom. The lowest BCUT2D eigenvalue weighted by Gasteiger charge is -2.40. The van der Waals surface area contributed by atoms with Crippen LogP contribution >= 0.6 is 0 Å². The van der Waals surface area contributed by atoms with Crippen molar-refractivity contribution in [2.75, 3.05) is 18.4 Å². The number of hydrogen-bond acceptors (Lipinski definition) is 6. The molecule has 1 saturated heterocycles. The molecule has 0 saturated carbocycles. The van der Waals surface area contributed by atoms with Gasteiger partial charge in [0.05, 0.1) is 17.4 Å². The highest BCUT2D eigenvalue weighted by atomic mass is 19.1. The van der Waals surface area contributed by atoms with E-state index in [2.05, 4.69) is 41.4 Å². The van der Waals surface area contributed by atoms with Crippen LogP contribution in [0.15, 0.2) is 54.9 Å². The first kappa shape index (κ1) is 25.0. The number of ether oxygens (including phenoxy) is 1. The van der Waals surface area contributed by atoms with Gasteiger partial charge in [-0.15, -0.1) is 0 Å². The van der Waals surface area contributed by atoms with E-state index in [1.165, 1.54) is 40.2 Å². The number of carboxylic acids is 1. The van der Waals surface area contributed by atoms with E-state index in [-0.39, 0.29) is 34.3 Å². The second-order valence-corrected chi connectivity index (χ2v) is 10.6. The van der Waals surface area contributed by atoms with Crippen molar-refractivity contribution in [1.29, 1.82) is 0 Å². The van der Waals surface area contributed by atoms with Crippen LogP contribution in [0.2, 0.25) is 0 Å². The van der Waals surface area contributed by atoms with Crippen LogP contribution in [0.5, 0.6) is 0 Å². The third-order valence-corrected chi connectivity index (χ3v) is 7.80. The molecule has 1 amide bonds. The molecule has 0 atom stereocenters. The Hall–Kier alpha value is -4.31. The molecular weight excluding hydrogens is 501 g/mol. The molecular formula is C29H28FN5O4. The van der Waals surface area contributed by atoms with Crippen LogP contribution in [0.1, 0.15) is 64.1 Å². The number of amides is 1. The predicted octanol–water partition coefficient (Wildman–Crippen LogP) is 5.02. The zero-order chi connectivity index (χ0) is 27.5. The van der Waals surface area contributed by atoms with Crippen LogP contribution in [-0.4, -0.2) is 49.6 Å². The van der Waals surface area contributed by atoms with Gasteiger partial charge in [0.25, 0.3) is 5.91 Å². The summed E-state index contributed by atoms with van der Waals surface area (Å²) in [4.78, 5) is 31.7. The number of fused-ring (bicyclic) bond motifs is 3. The highest BCUT2D eigenvalue weighted by molar-refractivity contribution is 6.01. The normalized spacial score (nSPS) is 17.4. The number of carbonyl (C=O) groups is 2. The van der Waals surface area contributed by atoms with Crippen LogP contribution in [0.4, 0.5) is 15.9 Å². The predicted molar refractivity (Wildman–Crippen MR) is 142 cm³/mol. The number of nitrogens with zero attached hydrogens (tertiary/aromatic N) is 4. The van der Waals surface area contributed by atoms with Crippen molar-refractivity contribution >= 4 is 29.0 Å². The monoisotopic (exact) mass is 529 g/mol. The molecule has 200 valence electrons. The average Bonchev–Trinajstić information content (AvgIpc) is 3.43. The van der Waals surface area contributed by atoms with E-state index in [9.17, 15) is 19.1 Å². The van der Waals surface area contributed by atoms with E-state index in [1.54, 1.807) is 17.9 Å². The number of halogens is 1. The molecule has 2 aliphatic heterocycles. The van der Waals surface area contributed by atoms with Crippen molar-refractivity contribution < 1.29 is 23.8 Å². The van der Waals surface area contributed by atoms with Gasteiger partial charge < -0.3 is 20.1 Å². The third-order valence-electron chi connectivity index (χ3n) is 7.80. The largest absolute Gasteiger partial charge is 0.477 e. The number of anilines is 2. The summed E-state index contributed by atoms with van der Waals surface area (Å²) in [6.45, 7) is 6.82. The number of nitrogens with one attached hydrogen (secondary N) is 1. The summed E-state index contributed by atoms with van der Waals surface area (Å²) in [6, 6.07) is 12.5. The minimum absolute atomic E-state index is 0.0903. The summed E-state index contributed by atoms with van der Waals surface area (Å²) >= 11 is 0. The second-order valence-electron chi connectivity index (χ2n) is 10.6. The lowest BCUT2D eigenvalue weighted by molar-refractivity contribution is -0.146. The average molecular weight is 530 g/mol. The van der Waals surface area contributed by atoms with Gasteiger partial charge in [0, 0.05) is 25.0 Å². The summed E-state index contributed by atoms with van der Waals surface area (Å²) in [6.07, 6.45) is 3.85. The number of hydrogen-bond donors (Lipinski definition) is 2. The number of aryl methyl sites for hydroxylation is 1. The molecule has 6 rings (SSSR count). The van der Waals surface area contributed by atoms with Gasteiger partial charge in [-0.1, -0.05) is 24.3 Å². The number of likely N-dealkylation sites (tertiary alicyclic amines) is 1. The van der Waals surface area contributed by atoms with Crippen molar-refractivity contribution in [2.24, 2.45) is 0 Å². The number of piperidine rings is 1. The molecule has 9 nitrogen and oxygen atoms in total. The van der Waals surface area contributed by atoms with Crippen LogP contribution < -0.4 is 5.32 Å². The minimum Gasteiger partial charge on any atom is -0.477 e. The van der Waals surface area contributed by atoms with Gasteiger partial charge in [-0.25, -0.2) is 14.2 Å². The quantitative estimate of drug-likeness (QED) is 0.382. The molecule has 2 aliphatic rings. The highest BCUT2D eigenvalue weighted by Gasteiger charge is 2.50. The molecule has 2 aromatic carbocycles. The van der Waals surface area contributed by atoms with Crippen LogP contribution in [0.25, 0.3) is 5.65 Å². The van der Waals surface area contributed by atoms with Crippen molar-refractivity contribution in [3.05, 3.63) is 88.5 Å². The van der Waals surface area contributed by atoms with E-state index in [4.69, 9.17) is 4.74 Å². The zero-order valence-corrected chi connectivity index (χ0v) is 21.9. The zero-order valence-electron chi connectivity index (χ0n) is 21.9. The number of carboxylic acid groups (broad SMARTS) is 1. The van der Waals surface area contributed by atoms with E-state index in [0.717, 1.165) is 0 Å². The van der Waals surface area contributed by atoms with Gasteiger partial charge in [-0.05, 0) is 68.5 Å². The van der Waals surface area contributed by atoms with Crippen LogP contribution in [0.3, 0.4) is 0 Å². The van der Waals surface area contributed by atoms with Crippen molar-refractivity contribution in [2.45, 2.75) is 44.8 Å². The topological polar surface area (TPSA) is 109 Å². The van der Waals surface area contributed by atoms with Crippen molar-refractivity contribution in [1.82, 2.24) is 19.5 Å². The molecule has 4 heterocycles. The molecule has 1 spiro atoms. The number of aromatic carboxylic acids is 1. The fourth-order valence-electron chi connectivity index (χ4n) is 5.87. The Kier molecular flexibility index (Phi) is 5.69. The lowest BCUT2D eigenvalue weighted by atomic mass is 9.82. The Bertz CT molecular complexity index is 1640. The summed E-state index contributed by atoms with van der Waals surface area (Å²) in [5, 5.41) is 17.0. The molecule has 0 radical (unpaired) electrons. The minimum atomic E-state index is -1.18. The molecule has 0 unspecified atom stereocenters. The Balaban J connectivity index is 1.34. The SMILES string of the molecule is Cc1cc(F)ccc1Nc1c(C(=O)N2CCC3(CC2)OC(C)(C)c2ccccc23)cnc2c(C(=O)O)cnn12. The maximum absolute atomic E-state index is 13.9. The number of aromatic nitrogens is 3. The smallest absolute Gasteiger partial charge is 0.341 e. The standard InChI is InChI=1S/C29H28FN5O4/c1-17-14-18(30)8-9-23(17)33-25-19(15-31-24-20(27(37)38)16-32-35(24)25)26(36)34-12-10-29(11-13-34)22-7-5-4-6-21(22)28(2,3)39-29/h4-9,14-16,33H,10-13H2,1-3H3,(H,37,38). The number of rotatable bonds is 4. The molecule has 1 fully saturated rings. The maximum Gasteiger partial charge on any atom is 0.341 e. The Morgan fingerprint density at radius 1 is 1.05 bits per heavy atom. The molecule has 0 aliphatic carbocycles. The molecule has 0 bridgehead atoms. The molecule has 10 heteroatoms. The Morgan fingerprint density at radius 2 is 1.77 bits per heavy atom. The van der Waals surface area contributed by atoms with Gasteiger partial charge in [-0.3, -0.25) is 4.79 Å². The van der Waals surface area contributed by atoms with E-state index in [0.29, 0.717) is 37.2 Å². The first-order valence-electron chi connectivity index (χ1n) is 12.8. The van der Waals surface area contributed by atoms with Crippen LogP contribution in [-0.2, 0) is 15.9 Å². The van der Waals surface area contributed by atoms with Crippen molar-refractivity contribution in [3.8, 4) is 0 Å². The third kappa shape index (κ3) is 4.02. The van der Waals surface area contributed by atoms with Gasteiger partial charge in [0.1, 0.15) is 22.8 Å². The highest BCUT2D eigenvalue weighted by Crippen LogP contribution is 2.51. The van der Waals surface area contributed by atoms with Gasteiger partial charge in [0.15, 0.2) is 5.65 Å². The second kappa shape index (κ2) is 8.88. The summed E-state index contributed by atoms with van der Waals surface area (Å²) in [7, 11) is 0. The van der Waals surface area contributed by atoms with Gasteiger partial charge in [-0.2, -0.15) is 9.61 Å². The number of carbonyl (C=O) groups excluding carboxylic acids is 1. The summed E-state index contributed by atoms with van der Waals surface area (Å²) in [5.74, 6) is -1.57. The maximum atomic E-state index is 13.9. The van der Waals surface area contributed by atoms with E-state index in [1.807, 2.05) is 12.1 Å². The first-order chi connectivity index (χ1) is 18.6. The Labute approximate surface area is 224 Å². The van der Waals surface area contributed by atoms with Crippen molar-refractivity contribution in [3.63, 3.8) is 0 Å². The fourth-order valence-corrected chi connectivity index (χ4v) is 5.87. The fraction of sp³-hybridized carbons (Fsp3) is 0.310. The first-order valence-corrected chi connectivity index (χ1v) is 12.8. The molecule has 2 aromatic heterocycles. The molecule has 39 heavy (non-hydrogen) atoms. The summed E-state index contributed by atoms with van der Waals surface area (Å²) < 4.78 is 21.7. The lowest BCUT2D eigenvalue weighted by Crippen LogP contribution is -2.46. The van der Waals surface area contributed by atoms with Gasteiger partial charge in [0.2, 0.25) is 0 Å². The van der Waals surface area contributed by atoms with E-state index < -0.39 is 17.2 Å². The molecule has 4 aromatic rings. The molecule has 2 N–H and O–H groups in total.